The maximum atomic E-state index is 8.63. The van der Waals surface area contributed by atoms with E-state index in [9.17, 15) is 0 Å². The maximum Gasteiger partial charge on any atom is 0.143 e. The van der Waals surface area contributed by atoms with Crippen molar-refractivity contribution in [3.63, 3.8) is 0 Å². The van der Waals surface area contributed by atoms with Crippen LogP contribution >= 0.6 is 0 Å². The molecule has 1 unspecified atom stereocenters. The van der Waals surface area contributed by atoms with Gasteiger partial charge in [0.15, 0.2) is 0 Å². The van der Waals surface area contributed by atoms with Crippen molar-refractivity contribution < 1.29 is 5.21 Å². The molecular weight excluding hydrogens is 230 g/mol. The van der Waals surface area contributed by atoms with Crippen LogP contribution in [0.2, 0.25) is 0 Å². The van der Waals surface area contributed by atoms with Gasteiger partial charge in [0.05, 0.1) is 6.20 Å². The van der Waals surface area contributed by atoms with Crippen molar-refractivity contribution in [2.75, 3.05) is 19.6 Å². The largest absolute Gasteiger partial charge is 0.409 e. The van der Waals surface area contributed by atoms with Crippen LogP contribution < -0.4 is 5.73 Å². The third-order valence-corrected chi connectivity index (χ3v) is 3.07. The predicted molar refractivity (Wildman–Crippen MR) is 71.6 cm³/mol. The lowest BCUT2D eigenvalue weighted by molar-refractivity contribution is 0.267. The first-order valence-electron chi connectivity index (χ1n) is 6.24. The molecule has 18 heavy (non-hydrogen) atoms. The highest BCUT2D eigenvalue weighted by molar-refractivity contribution is 5.82. The van der Waals surface area contributed by atoms with Crippen LogP contribution in [0.25, 0.3) is 0 Å². The number of nitrogens with two attached hydrogens (primary N) is 1. The summed E-state index contributed by atoms with van der Waals surface area (Å²) in [5.74, 6) is 0.346. The summed E-state index contributed by atoms with van der Waals surface area (Å²) in [6.45, 7) is 6.77. The fourth-order valence-electron chi connectivity index (χ4n) is 1.85. The molecule has 102 valence electrons. The van der Waals surface area contributed by atoms with Crippen molar-refractivity contribution >= 4 is 5.84 Å². The SMILES string of the molecule is CCN(CCc1cnn(C)c1)CC(C)C(N)=NO. The fraction of sp³-hybridized carbons (Fsp3) is 0.667. The number of aryl methyl sites for hydroxylation is 1. The third-order valence-electron chi connectivity index (χ3n) is 3.07. The number of hydrogen-bond donors (Lipinski definition) is 2. The summed E-state index contributed by atoms with van der Waals surface area (Å²) in [5.41, 5.74) is 6.82. The summed E-state index contributed by atoms with van der Waals surface area (Å²) in [7, 11) is 1.92. The number of oxime groups is 1. The maximum absolute atomic E-state index is 8.63. The number of amidine groups is 1. The van der Waals surface area contributed by atoms with Crippen LogP contribution in [-0.4, -0.2) is 45.4 Å². The van der Waals surface area contributed by atoms with E-state index in [1.807, 2.05) is 31.0 Å². The first kappa shape index (κ1) is 14.5. The van der Waals surface area contributed by atoms with Crippen molar-refractivity contribution in [2.45, 2.75) is 20.3 Å². The van der Waals surface area contributed by atoms with Crippen LogP contribution in [0, 0.1) is 5.92 Å². The highest BCUT2D eigenvalue weighted by Crippen LogP contribution is 2.04. The molecule has 0 spiro atoms. The summed E-state index contributed by atoms with van der Waals surface area (Å²) >= 11 is 0. The molecule has 6 nitrogen and oxygen atoms in total. The van der Waals surface area contributed by atoms with Gasteiger partial charge in [0.2, 0.25) is 0 Å². The van der Waals surface area contributed by atoms with E-state index in [4.69, 9.17) is 10.9 Å². The molecule has 0 amide bonds. The molecule has 0 aromatic carbocycles. The molecule has 1 aromatic heterocycles. The van der Waals surface area contributed by atoms with E-state index in [0.717, 1.165) is 26.1 Å². The Balaban J connectivity index is 2.42. The zero-order chi connectivity index (χ0) is 13.5. The van der Waals surface area contributed by atoms with Gasteiger partial charge in [-0.25, -0.2) is 0 Å². The monoisotopic (exact) mass is 253 g/mol. The second-order valence-corrected chi connectivity index (χ2v) is 4.59. The van der Waals surface area contributed by atoms with Gasteiger partial charge in [-0.15, -0.1) is 0 Å². The molecule has 0 saturated heterocycles. The molecule has 0 aliphatic carbocycles. The van der Waals surface area contributed by atoms with Crippen molar-refractivity contribution in [1.29, 1.82) is 0 Å². The summed E-state index contributed by atoms with van der Waals surface area (Å²) in [6, 6.07) is 0. The Hall–Kier alpha value is -1.56. The Labute approximate surface area is 108 Å². The lowest BCUT2D eigenvalue weighted by atomic mass is 10.1. The van der Waals surface area contributed by atoms with Crippen LogP contribution in [0.5, 0.6) is 0 Å². The minimum absolute atomic E-state index is 0.0591. The van der Waals surface area contributed by atoms with Crippen molar-refractivity contribution in [3.05, 3.63) is 18.0 Å². The van der Waals surface area contributed by atoms with E-state index in [1.54, 1.807) is 0 Å². The zero-order valence-electron chi connectivity index (χ0n) is 11.4. The average molecular weight is 253 g/mol. The molecule has 1 heterocycles. The molecule has 0 fully saturated rings. The highest BCUT2D eigenvalue weighted by Gasteiger charge is 2.12. The van der Waals surface area contributed by atoms with Crippen LogP contribution in [0.3, 0.4) is 0 Å². The van der Waals surface area contributed by atoms with E-state index in [2.05, 4.69) is 22.1 Å². The summed E-state index contributed by atoms with van der Waals surface area (Å²) in [6.07, 6.45) is 4.88. The molecule has 0 radical (unpaired) electrons. The van der Waals surface area contributed by atoms with Gasteiger partial charge >= 0.3 is 0 Å². The predicted octanol–water partition coefficient (Wildman–Crippen LogP) is 0.667. The molecule has 1 rings (SSSR count). The van der Waals surface area contributed by atoms with Gasteiger partial charge in [-0.3, -0.25) is 4.68 Å². The molecule has 1 aromatic rings. The Morgan fingerprint density at radius 1 is 1.67 bits per heavy atom. The van der Waals surface area contributed by atoms with E-state index in [1.165, 1.54) is 5.56 Å². The minimum atomic E-state index is 0.0591. The lowest BCUT2D eigenvalue weighted by Crippen LogP contribution is -2.36. The molecule has 0 aliphatic rings. The molecule has 0 aliphatic heterocycles. The molecule has 1 atom stereocenters. The molecule has 0 saturated carbocycles. The van der Waals surface area contributed by atoms with Gasteiger partial charge in [-0.1, -0.05) is 19.0 Å². The van der Waals surface area contributed by atoms with Crippen LogP contribution in [0.15, 0.2) is 17.5 Å². The number of nitrogens with zero attached hydrogens (tertiary/aromatic N) is 4. The Kier molecular flexibility index (Phi) is 5.64. The Morgan fingerprint density at radius 2 is 2.39 bits per heavy atom. The summed E-state index contributed by atoms with van der Waals surface area (Å²) < 4.78 is 1.81. The van der Waals surface area contributed by atoms with Crippen molar-refractivity contribution in [2.24, 2.45) is 23.9 Å². The van der Waals surface area contributed by atoms with Gasteiger partial charge in [0.25, 0.3) is 0 Å². The number of hydrogen-bond acceptors (Lipinski definition) is 4. The second-order valence-electron chi connectivity index (χ2n) is 4.59. The third kappa shape index (κ3) is 4.37. The summed E-state index contributed by atoms with van der Waals surface area (Å²) in [4.78, 5) is 2.29. The zero-order valence-corrected chi connectivity index (χ0v) is 11.4. The van der Waals surface area contributed by atoms with Gasteiger partial charge in [0, 0.05) is 32.3 Å². The van der Waals surface area contributed by atoms with Crippen molar-refractivity contribution in [1.82, 2.24) is 14.7 Å². The Bertz CT molecular complexity index is 388. The molecular formula is C12H23N5O. The van der Waals surface area contributed by atoms with Crippen LogP contribution in [-0.2, 0) is 13.5 Å². The molecule has 3 N–H and O–H groups in total. The van der Waals surface area contributed by atoms with Gasteiger partial charge in [-0.05, 0) is 18.5 Å². The van der Waals surface area contributed by atoms with E-state index < -0.39 is 0 Å². The van der Waals surface area contributed by atoms with Crippen molar-refractivity contribution in [3.8, 4) is 0 Å². The quantitative estimate of drug-likeness (QED) is 0.324. The number of aromatic nitrogens is 2. The Morgan fingerprint density at radius 3 is 2.89 bits per heavy atom. The topological polar surface area (TPSA) is 79.7 Å². The normalized spacial score (nSPS) is 14.1. The fourth-order valence-corrected chi connectivity index (χ4v) is 1.85. The second kappa shape index (κ2) is 7.00. The van der Waals surface area contributed by atoms with E-state index in [0.29, 0.717) is 0 Å². The molecule has 0 bridgehead atoms. The van der Waals surface area contributed by atoms with Crippen LogP contribution in [0.1, 0.15) is 19.4 Å². The highest BCUT2D eigenvalue weighted by atomic mass is 16.4. The lowest BCUT2D eigenvalue weighted by Gasteiger charge is -2.23. The molecule has 6 heteroatoms. The minimum Gasteiger partial charge on any atom is -0.409 e. The van der Waals surface area contributed by atoms with Gasteiger partial charge in [-0.2, -0.15) is 5.10 Å². The average Bonchev–Trinajstić information content (AvgIpc) is 2.78. The van der Waals surface area contributed by atoms with E-state index in [-0.39, 0.29) is 11.8 Å². The first-order valence-corrected chi connectivity index (χ1v) is 6.24. The number of rotatable bonds is 7. The first-order chi connectivity index (χ1) is 8.56. The van der Waals surface area contributed by atoms with Gasteiger partial charge in [0.1, 0.15) is 5.84 Å². The van der Waals surface area contributed by atoms with Gasteiger partial charge < -0.3 is 15.8 Å². The standard InChI is InChI=1S/C12H23N5O/c1-4-17(8-10(2)12(13)15-18)6-5-11-7-14-16(3)9-11/h7,9-10,18H,4-6,8H2,1-3H3,(H2,13,15). The van der Waals surface area contributed by atoms with Crippen LogP contribution in [0.4, 0.5) is 0 Å². The van der Waals surface area contributed by atoms with E-state index >= 15 is 0 Å². The smallest absolute Gasteiger partial charge is 0.143 e. The summed E-state index contributed by atoms with van der Waals surface area (Å²) in [5, 5.41) is 15.8. The number of likely N-dealkylation sites (N-methyl/N-ethyl adjacent to an activating group) is 1.